The lowest BCUT2D eigenvalue weighted by molar-refractivity contribution is -0.0623. The summed E-state index contributed by atoms with van der Waals surface area (Å²) in [7, 11) is 1.61. The molecule has 4 heterocycles. The SMILES string of the molecule is CC(C)(C1CCC(OCC2CO2)CC1)C1CCC(C2COCO2)CC1.CC1CCC(C(C)(C)C2CCC(OCC3CO3)CC2)CC1.COCC(O)COC1CCC(C(C)(C)C2CCC(C3COCO3)CC2)CC1. The predicted molar refractivity (Wildman–Crippen MR) is 287 cm³/mol. The third kappa shape index (κ3) is 17.3. The fourth-order valence-corrected chi connectivity index (χ4v) is 15.9. The molecule has 0 spiro atoms. The van der Waals surface area contributed by atoms with Crippen molar-refractivity contribution in [2.45, 2.75) is 251 Å². The van der Waals surface area contributed by atoms with Gasteiger partial charge in [-0.25, -0.2) is 0 Å². The van der Waals surface area contributed by atoms with E-state index in [1.54, 1.807) is 7.11 Å². The Morgan fingerprint density at radius 2 is 0.726 bits per heavy atom. The van der Waals surface area contributed by atoms with E-state index in [1.807, 2.05) is 0 Å². The average Bonchev–Trinajstić information content (AvgIpc) is 4.30. The zero-order valence-electron chi connectivity index (χ0n) is 47.9. The lowest BCUT2D eigenvalue weighted by Gasteiger charge is -2.47. The topological polar surface area (TPSA) is 119 Å². The van der Waals surface area contributed by atoms with Crippen LogP contribution in [-0.4, -0.2) is 127 Å². The van der Waals surface area contributed by atoms with Gasteiger partial charge in [0.25, 0.3) is 0 Å². The molecule has 5 atom stereocenters. The number of rotatable bonds is 19. The summed E-state index contributed by atoms with van der Waals surface area (Å²) in [6.45, 7) is 24.4. The molecule has 424 valence electrons. The van der Waals surface area contributed by atoms with E-state index in [2.05, 4.69) is 48.5 Å². The maximum absolute atomic E-state index is 9.76. The first-order valence-corrected chi connectivity index (χ1v) is 30.8. The van der Waals surface area contributed by atoms with Crippen LogP contribution in [0.25, 0.3) is 0 Å². The van der Waals surface area contributed by atoms with Crippen LogP contribution in [0.1, 0.15) is 203 Å². The van der Waals surface area contributed by atoms with Crippen molar-refractivity contribution < 1.29 is 52.5 Å². The van der Waals surface area contributed by atoms with Crippen LogP contribution in [0.5, 0.6) is 0 Å². The quantitative estimate of drug-likeness (QED) is 0.125. The Balaban J connectivity index is 0.000000147. The number of hydrogen-bond donors (Lipinski definition) is 1. The molecule has 6 saturated carbocycles. The van der Waals surface area contributed by atoms with Crippen LogP contribution in [0.3, 0.4) is 0 Å². The van der Waals surface area contributed by atoms with Crippen LogP contribution >= 0.6 is 0 Å². The summed E-state index contributed by atoms with van der Waals surface area (Å²) in [6, 6.07) is 0. The lowest BCUT2D eigenvalue weighted by Crippen LogP contribution is -2.39. The molecule has 1 N–H and O–H groups in total. The smallest absolute Gasteiger partial charge is 0.147 e. The molecule has 6 aliphatic carbocycles. The minimum Gasteiger partial charge on any atom is -0.388 e. The van der Waals surface area contributed by atoms with E-state index in [1.165, 1.54) is 141 Å². The van der Waals surface area contributed by atoms with Crippen molar-refractivity contribution in [2.24, 2.45) is 69.5 Å². The molecule has 11 nitrogen and oxygen atoms in total. The second-order valence-electron chi connectivity index (χ2n) is 27.5. The maximum atomic E-state index is 9.76. The molecule has 5 unspecified atom stereocenters. The second-order valence-corrected chi connectivity index (χ2v) is 27.5. The van der Waals surface area contributed by atoms with E-state index in [0.29, 0.717) is 91.7 Å². The first-order valence-electron chi connectivity index (χ1n) is 30.8. The van der Waals surface area contributed by atoms with Crippen LogP contribution in [0, 0.1) is 69.5 Å². The molecule has 0 amide bonds. The molecule has 10 aliphatic rings. The summed E-state index contributed by atoms with van der Waals surface area (Å²) in [5.74, 6) is 7.59. The van der Waals surface area contributed by atoms with Crippen molar-refractivity contribution in [2.75, 3.05) is 73.6 Å². The van der Waals surface area contributed by atoms with E-state index < -0.39 is 6.10 Å². The molecule has 10 rings (SSSR count). The highest BCUT2D eigenvalue weighted by atomic mass is 16.7. The van der Waals surface area contributed by atoms with Gasteiger partial charge in [0.15, 0.2) is 0 Å². The van der Waals surface area contributed by atoms with Gasteiger partial charge in [-0.15, -0.1) is 0 Å². The normalized spacial score (nSPS) is 39.9. The van der Waals surface area contributed by atoms with Gasteiger partial charge in [-0.05, 0) is 211 Å². The zero-order valence-corrected chi connectivity index (χ0v) is 47.9. The van der Waals surface area contributed by atoms with Gasteiger partial charge in [0.05, 0.1) is 83.4 Å². The minimum absolute atomic E-state index is 0.304. The van der Waals surface area contributed by atoms with Crippen molar-refractivity contribution in [1.82, 2.24) is 0 Å². The molecule has 0 aromatic rings. The van der Waals surface area contributed by atoms with E-state index in [0.717, 1.165) is 99.8 Å². The molecule has 0 bridgehead atoms. The first kappa shape index (κ1) is 58.7. The van der Waals surface area contributed by atoms with Crippen molar-refractivity contribution in [3.05, 3.63) is 0 Å². The van der Waals surface area contributed by atoms with Gasteiger partial charge in [0.2, 0.25) is 0 Å². The minimum atomic E-state index is -0.506. The number of hydrogen-bond acceptors (Lipinski definition) is 11. The van der Waals surface area contributed by atoms with Crippen LogP contribution in [0.2, 0.25) is 0 Å². The van der Waals surface area contributed by atoms with Crippen molar-refractivity contribution in [3.8, 4) is 0 Å². The largest absolute Gasteiger partial charge is 0.388 e. The van der Waals surface area contributed by atoms with E-state index in [-0.39, 0.29) is 0 Å². The summed E-state index contributed by atoms with van der Waals surface area (Å²) in [5, 5.41) is 9.76. The monoisotopic (exact) mass is 1030 g/mol. The lowest BCUT2D eigenvalue weighted by atomic mass is 9.59. The van der Waals surface area contributed by atoms with E-state index >= 15 is 0 Å². The van der Waals surface area contributed by atoms with E-state index in [4.69, 9.17) is 47.4 Å². The van der Waals surface area contributed by atoms with Gasteiger partial charge in [-0.1, -0.05) is 61.3 Å². The molecule has 0 radical (unpaired) electrons. The number of epoxide rings is 2. The van der Waals surface area contributed by atoms with Crippen LogP contribution in [-0.2, 0) is 47.4 Å². The molecule has 10 fully saturated rings. The summed E-state index contributed by atoms with van der Waals surface area (Å²) in [5.41, 5.74) is 1.39. The van der Waals surface area contributed by atoms with Crippen molar-refractivity contribution >= 4 is 0 Å². The third-order valence-electron chi connectivity index (χ3n) is 22.0. The molecule has 4 saturated heterocycles. The van der Waals surface area contributed by atoms with Crippen molar-refractivity contribution in [3.63, 3.8) is 0 Å². The average molecular weight is 1030 g/mol. The number of ether oxygens (including phenoxy) is 10. The highest BCUT2D eigenvalue weighted by Gasteiger charge is 2.45. The Hall–Kier alpha value is -0.440. The van der Waals surface area contributed by atoms with Gasteiger partial charge < -0.3 is 52.5 Å². The second kappa shape index (κ2) is 28.1. The van der Waals surface area contributed by atoms with Gasteiger partial charge in [0, 0.05) is 7.11 Å². The van der Waals surface area contributed by atoms with Gasteiger partial charge in [-0.2, -0.15) is 0 Å². The summed E-state index contributed by atoms with van der Waals surface area (Å²) >= 11 is 0. The summed E-state index contributed by atoms with van der Waals surface area (Å²) < 4.78 is 55.7. The predicted octanol–water partition coefficient (Wildman–Crippen LogP) is 12.8. The van der Waals surface area contributed by atoms with Crippen molar-refractivity contribution in [1.29, 1.82) is 0 Å². The Morgan fingerprint density at radius 1 is 0.411 bits per heavy atom. The van der Waals surface area contributed by atoms with Crippen LogP contribution in [0.4, 0.5) is 0 Å². The van der Waals surface area contributed by atoms with Gasteiger partial charge >= 0.3 is 0 Å². The molecule has 0 aromatic heterocycles. The number of aliphatic hydroxyl groups excluding tert-OH is 1. The molecule has 4 aliphatic heterocycles. The summed E-state index contributed by atoms with van der Waals surface area (Å²) in [6.07, 6.45) is 33.9. The Bertz CT molecular complexity index is 1510. The van der Waals surface area contributed by atoms with Gasteiger partial charge in [0.1, 0.15) is 31.9 Å². The molecular formula is C62H110O11. The highest BCUT2D eigenvalue weighted by Crippen LogP contribution is 2.53. The third-order valence-corrected chi connectivity index (χ3v) is 22.0. The molecule has 11 heteroatoms. The summed E-state index contributed by atoms with van der Waals surface area (Å²) in [4.78, 5) is 0. The fraction of sp³-hybridized carbons (Fsp3) is 1.00. The molecule has 73 heavy (non-hydrogen) atoms. The van der Waals surface area contributed by atoms with Gasteiger partial charge in [-0.3, -0.25) is 0 Å². The van der Waals surface area contributed by atoms with Crippen LogP contribution < -0.4 is 0 Å². The zero-order chi connectivity index (χ0) is 51.4. The molecular weight excluding hydrogens is 921 g/mol. The van der Waals surface area contributed by atoms with Crippen LogP contribution in [0.15, 0.2) is 0 Å². The first-order chi connectivity index (χ1) is 35.2. The fourth-order valence-electron chi connectivity index (χ4n) is 15.9. The maximum Gasteiger partial charge on any atom is 0.147 e. The number of methoxy groups -OCH3 is 1. The Labute approximate surface area is 445 Å². The standard InChI is InChI=1S/C22H40O5.C21H36O4.C19H34O2/c1-22(2,17-6-4-16(5-7-17)21-14-25-15-27-21)18-8-10-20(11-9-18)26-13-19(23)12-24-3;1-21(2,16-5-3-15(4-6-16)20-13-22-14-25-20)17-7-9-18(10-8-17)23-11-19-12-24-19;1-14-4-6-15(7-5-14)19(2,3)16-8-10-17(11-9-16)20-12-18-13-21-18/h16-21,23H,4-15H2,1-3H3;15-20H,3-14H2,1-2H3;14-18H,4-13H2,1-3H3. The number of aliphatic hydroxyl groups is 1. The highest BCUT2D eigenvalue weighted by molar-refractivity contribution is 4.95. The van der Waals surface area contributed by atoms with E-state index in [9.17, 15) is 5.11 Å². The molecule has 0 aromatic carbocycles. The Morgan fingerprint density at radius 3 is 1.03 bits per heavy atom. The Kier molecular flexibility index (Phi) is 22.6.